The van der Waals surface area contributed by atoms with Crippen molar-refractivity contribution >= 4 is 23.2 Å². The minimum absolute atomic E-state index is 0.542. The summed E-state index contributed by atoms with van der Waals surface area (Å²) in [5, 5.41) is 1.10. The van der Waals surface area contributed by atoms with Gasteiger partial charge in [-0.15, -0.1) is 0 Å². The van der Waals surface area contributed by atoms with E-state index in [0.717, 1.165) is 36.1 Å². The number of nitrogens with zero attached hydrogens (tertiary/aromatic N) is 2. The number of halogens is 2. The van der Waals surface area contributed by atoms with Crippen LogP contribution < -0.4 is 4.74 Å². The van der Waals surface area contributed by atoms with Gasteiger partial charge in [0.25, 0.3) is 0 Å². The van der Waals surface area contributed by atoms with Crippen molar-refractivity contribution < 1.29 is 4.74 Å². The lowest BCUT2D eigenvalue weighted by molar-refractivity contribution is 0.415. The third kappa shape index (κ3) is 2.28. The van der Waals surface area contributed by atoms with Crippen molar-refractivity contribution in [3.63, 3.8) is 0 Å². The van der Waals surface area contributed by atoms with Crippen LogP contribution in [0.3, 0.4) is 0 Å². The van der Waals surface area contributed by atoms with Gasteiger partial charge in [0.05, 0.1) is 12.1 Å². The molecule has 0 saturated heterocycles. The number of rotatable bonds is 2. The summed E-state index contributed by atoms with van der Waals surface area (Å²) in [7, 11) is 1.59. The molecule has 0 unspecified atom stereocenters. The normalized spacial score (nSPS) is 13.4. The van der Waals surface area contributed by atoms with Crippen molar-refractivity contribution in [3.05, 3.63) is 39.6 Å². The van der Waals surface area contributed by atoms with Gasteiger partial charge in [-0.05, 0) is 37.5 Å². The Hall–Kier alpha value is -1.32. The molecule has 1 aliphatic rings. The van der Waals surface area contributed by atoms with Crippen LogP contribution in [0.25, 0.3) is 11.4 Å². The summed E-state index contributed by atoms with van der Waals surface area (Å²) in [6, 6.07) is 5.49. The molecule has 3 nitrogen and oxygen atoms in total. The van der Waals surface area contributed by atoms with Crippen LogP contribution in [0.15, 0.2) is 18.2 Å². The number of ether oxygens (including phenoxy) is 1. The minimum Gasteiger partial charge on any atom is -0.495 e. The quantitative estimate of drug-likeness (QED) is 0.787. The molecule has 1 heterocycles. The lowest BCUT2D eigenvalue weighted by Crippen LogP contribution is -1.97. The third-order valence-corrected chi connectivity index (χ3v) is 3.90. The van der Waals surface area contributed by atoms with Crippen molar-refractivity contribution in [2.45, 2.75) is 19.3 Å². The summed E-state index contributed by atoms with van der Waals surface area (Å²) in [4.78, 5) is 8.95. The van der Waals surface area contributed by atoms with Gasteiger partial charge in [-0.25, -0.2) is 9.97 Å². The molecule has 0 amide bonds. The van der Waals surface area contributed by atoms with E-state index in [4.69, 9.17) is 27.9 Å². The number of hydrogen-bond donors (Lipinski definition) is 0. The molecule has 0 radical (unpaired) electrons. The molecule has 1 aromatic heterocycles. The maximum Gasteiger partial charge on any atom is 0.161 e. The SMILES string of the molecule is COc1ccc(-c2nc(Cl)c3c(n2)CCC3)cc1Cl. The Bertz CT molecular complexity index is 644. The van der Waals surface area contributed by atoms with Crippen LogP contribution in [-0.4, -0.2) is 17.1 Å². The first-order valence-electron chi connectivity index (χ1n) is 6.08. The predicted molar refractivity (Wildman–Crippen MR) is 76.1 cm³/mol. The van der Waals surface area contributed by atoms with Crippen LogP contribution in [0.2, 0.25) is 10.2 Å². The third-order valence-electron chi connectivity index (χ3n) is 3.29. The molecule has 3 rings (SSSR count). The van der Waals surface area contributed by atoms with Crippen molar-refractivity contribution in [1.29, 1.82) is 0 Å². The molecule has 0 bridgehead atoms. The molecule has 1 aromatic carbocycles. The van der Waals surface area contributed by atoms with Crippen LogP contribution in [0, 0.1) is 0 Å². The Kier molecular flexibility index (Phi) is 3.33. The maximum atomic E-state index is 6.21. The highest BCUT2D eigenvalue weighted by molar-refractivity contribution is 6.32. The van der Waals surface area contributed by atoms with Gasteiger partial charge in [0.2, 0.25) is 0 Å². The van der Waals surface area contributed by atoms with E-state index in [1.165, 1.54) is 0 Å². The molecule has 5 heteroatoms. The average molecular weight is 295 g/mol. The highest BCUT2D eigenvalue weighted by Crippen LogP contribution is 2.32. The zero-order valence-electron chi connectivity index (χ0n) is 10.4. The van der Waals surface area contributed by atoms with Crippen molar-refractivity contribution in [1.82, 2.24) is 9.97 Å². The Morgan fingerprint density at radius 3 is 2.74 bits per heavy atom. The highest BCUT2D eigenvalue weighted by Gasteiger charge is 2.19. The average Bonchev–Trinajstić information content (AvgIpc) is 2.87. The highest BCUT2D eigenvalue weighted by atomic mass is 35.5. The van der Waals surface area contributed by atoms with Crippen molar-refractivity contribution in [2.75, 3.05) is 7.11 Å². The zero-order valence-corrected chi connectivity index (χ0v) is 11.9. The molecule has 0 aliphatic heterocycles. The Morgan fingerprint density at radius 2 is 2.00 bits per heavy atom. The fourth-order valence-corrected chi connectivity index (χ4v) is 2.86. The number of aromatic nitrogens is 2. The summed E-state index contributed by atoms with van der Waals surface area (Å²) in [5.41, 5.74) is 2.99. The lowest BCUT2D eigenvalue weighted by Gasteiger charge is -2.08. The van der Waals surface area contributed by atoms with Gasteiger partial charge in [-0.1, -0.05) is 23.2 Å². The molecular formula is C14H12Cl2N2O. The second-order valence-corrected chi connectivity index (χ2v) is 5.23. The van der Waals surface area contributed by atoms with E-state index in [-0.39, 0.29) is 0 Å². The van der Waals surface area contributed by atoms with E-state index >= 15 is 0 Å². The summed E-state index contributed by atoms with van der Waals surface area (Å²) >= 11 is 12.3. The summed E-state index contributed by atoms with van der Waals surface area (Å²) in [5.74, 6) is 1.26. The first kappa shape index (κ1) is 12.7. The van der Waals surface area contributed by atoms with E-state index < -0.39 is 0 Å². The molecule has 0 saturated carbocycles. The molecule has 0 N–H and O–H groups in total. The molecular weight excluding hydrogens is 283 g/mol. The maximum absolute atomic E-state index is 6.21. The Morgan fingerprint density at radius 1 is 1.16 bits per heavy atom. The van der Waals surface area contributed by atoms with Gasteiger partial charge in [-0.2, -0.15) is 0 Å². The molecule has 0 spiro atoms. The smallest absolute Gasteiger partial charge is 0.161 e. The van der Waals surface area contributed by atoms with E-state index in [2.05, 4.69) is 9.97 Å². The van der Waals surface area contributed by atoms with Gasteiger partial charge in [0.15, 0.2) is 5.82 Å². The van der Waals surface area contributed by atoms with Crippen LogP contribution >= 0.6 is 23.2 Å². The largest absolute Gasteiger partial charge is 0.495 e. The second kappa shape index (κ2) is 4.99. The summed E-state index contributed by atoms with van der Waals surface area (Å²) in [6.45, 7) is 0. The van der Waals surface area contributed by atoms with Crippen LogP contribution in [0.1, 0.15) is 17.7 Å². The monoisotopic (exact) mass is 294 g/mol. The Labute approximate surface area is 121 Å². The van der Waals surface area contributed by atoms with Crippen LogP contribution in [-0.2, 0) is 12.8 Å². The zero-order chi connectivity index (χ0) is 13.4. The fraction of sp³-hybridized carbons (Fsp3) is 0.286. The second-order valence-electron chi connectivity index (χ2n) is 4.47. The van der Waals surface area contributed by atoms with Gasteiger partial charge in [-0.3, -0.25) is 0 Å². The van der Waals surface area contributed by atoms with Gasteiger partial charge in [0, 0.05) is 16.8 Å². The number of hydrogen-bond acceptors (Lipinski definition) is 3. The lowest BCUT2D eigenvalue weighted by atomic mass is 10.2. The van der Waals surface area contributed by atoms with Gasteiger partial charge < -0.3 is 4.74 Å². The van der Waals surface area contributed by atoms with Crippen molar-refractivity contribution in [2.24, 2.45) is 0 Å². The summed E-state index contributed by atoms with van der Waals surface area (Å²) < 4.78 is 5.13. The first-order valence-corrected chi connectivity index (χ1v) is 6.84. The molecule has 0 atom stereocenters. The standard InChI is InChI=1S/C14H12Cl2N2O/c1-19-12-6-5-8(7-10(12)15)14-17-11-4-2-3-9(11)13(16)18-14/h5-7H,2-4H2,1H3. The molecule has 2 aromatic rings. The minimum atomic E-state index is 0.542. The molecule has 98 valence electrons. The molecule has 19 heavy (non-hydrogen) atoms. The topological polar surface area (TPSA) is 35.0 Å². The molecule has 1 aliphatic carbocycles. The predicted octanol–water partition coefficient (Wildman–Crippen LogP) is 3.95. The summed E-state index contributed by atoms with van der Waals surface area (Å²) in [6.07, 6.45) is 3.03. The number of methoxy groups -OCH3 is 1. The van der Waals surface area contributed by atoms with Gasteiger partial charge >= 0.3 is 0 Å². The van der Waals surface area contributed by atoms with Gasteiger partial charge in [0.1, 0.15) is 10.9 Å². The molecule has 0 fully saturated rings. The van der Waals surface area contributed by atoms with Crippen LogP contribution in [0.5, 0.6) is 5.75 Å². The fourth-order valence-electron chi connectivity index (χ4n) is 2.32. The number of benzene rings is 1. The van der Waals surface area contributed by atoms with Crippen molar-refractivity contribution in [3.8, 4) is 17.1 Å². The van der Waals surface area contributed by atoms with E-state index in [0.29, 0.717) is 21.7 Å². The number of fused-ring (bicyclic) bond motifs is 1. The van der Waals surface area contributed by atoms with Crippen LogP contribution in [0.4, 0.5) is 0 Å². The van der Waals surface area contributed by atoms with E-state index in [1.807, 2.05) is 12.1 Å². The van der Waals surface area contributed by atoms with E-state index in [9.17, 15) is 0 Å². The van der Waals surface area contributed by atoms with E-state index in [1.54, 1.807) is 13.2 Å². The number of aryl methyl sites for hydroxylation is 1. The first-order chi connectivity index (χ1) is 9.19. The Balaban J connectivity index is 2.07.